The van der Waals surface area contributed by atoms with E-state index in [1.807, 2.05) is 0 Å². The van der Waals surface area contributed by atoms with Crippen LogP contribution in [0.25, 0.3) is 0 Å². The lowest BCUT2D eigenvalue weighted by molar-refractivity contribution is 0.0121. The molecule has 0 aromatic rings. The Kier molecular flexibility index (Phi) is 3.97. The molecule has 15 heavy (non-hydrogen) atoms. The highest BCUT2D eigenvalue weighted by Crippen LogP contribution is 2.20. The molecule has 2 fully saturated rings. The smallest absolute Gasteiger partial charge is 0.0646 e. The fraction of sp³-hybridized carbons (Fsp3) is 1.00. The van der Waals surface area contributed by atoms with Crippen LogP contribution in [0.1, 0.15) is 19.3 Å². The average molecular weight is 214 g/mol. The van der Waals surface area contributed by atoms with Crippen LogP contribution in [0.2, 0.25) is 0 Å². The van der Waals surface area contributed by atoms with E-state index in [9.17, 15) is 0 Å². The number of nitrogens with two attached hydrogens (primary N) is 1. The number of ether oxygens (including phenoxy) is 2. The minimum Gasteiger partial charge on any atom is -0.380 e. The Bertz CT molecular complexity index is 187. The van der Waals surface area contributed by atoms with E-state index < -0.39 is 0 Å². The van der Waals surface area contributed by atoms with Gasteiger partial charge < -0.3 is 15.2 Å². The monoisotopic (exact) mass is 214 g/mol. The predicted molar refractivity (Wildman–Crippen MR) is 58.8 cm³/mol. The molecule has 0 aromatic carbocycles. The fourth-order valence-electron chi connectivity index (χ4n) is 2.28. The van der Waals surface area contributed by atoms with E-state index in [0.717, 1.165) is 65.3 Å². The van der Waals surface area contributed by atoms with Gasteiger partial charge in [0.05, 0.1) is 19.8 Å². The Balaban J connectivity index is 1.70. The number of rotatable bonds is 3. The topological polar surface area (TPSA) is 47.7 Å². The molecule has 0 radical (unpaired) electrons. The van der Waals surface area contributed by atoms with Gasteiger partial charge in [0, 0.05) is 31.8 Å². The summed E-state index contributed by atoms with van der Waals surface area (Å²) in [6, 6.07) is 0. The Morgan fingerprint density at radius 1 is 1.13 bits per heavy atom. The summed E-state index contributed by atoms with van der Waals surface area (Å²) in [6.45, 7) is 6.55. The van der Waals surface area contributed by atoms with Crippen LogP contribution >= 0.6 is 0 Å². The number of hydrogen-bond donors (Lipinski definition) is 1. The maximum Gasteiger partial charge on any atom is 0.0646 e. The Morgan fingerprint density at radius 3 is 2.60 bits per heavy atom. The van der Waals surface area contributed by atoms with Crippen molar-refractivity contribution in [2.24, 2.45) is 5.73 Å². The van der Waals surface area contributed by atoms with Crippen LogP contribution in [-0.2, 0) is 9.47 Å². The van der Waals surface area contributed by atoms with Crippen LogP contribution < -0.4 is 5.73 Å². The van der Waals surface area contributed by atoms with Gasteiger partial charge in [-0.15, -0.1) is 0 Å². The average Bonchev–Trinajstić information content (AvgIpc) is 2.29. The molecule has 4 nitrogen and oxygen atoms in total. The molecule has 2 heterocycles. The van der Waals surface area contributed by atoms with Crippen molar-refractivity contribution in [3.63, 3.8) is 0 Å². The second-order valence-corrected chi connectivity index (χ2v) is 4.72. The number of morpholine rings is 1. The van der Waals surface area contributed by atoms with E-state index in [2.05, 4.69) is 4.90 Å². The summed E-state index contributed by atoms with van der Waals surface area (Å²) < 4.78 is 10.8. The number of nitrogens with zero attached hydrogens (tertiary/aromatic N) is 1. The summed E-state index contributed by atoms with van der Waals surface area (Å²) in [7, 11) is 0. The van der Waals surface area contributed by atoms with Crippen LogP contribution in [0, 0.1) is 0 Å². The summed E-state index contributed by atoms with van der Waals surface area (Å²) in [4.78, 5) is 2.44. The standard InChI is InChI=1S/C11H22N2O2/c12-11(2-1-7-15-10-11)3-4-13-5-8-14-9-6-13/h1-10,12H2. The van der Waals surface area contributed by atoms with Crippen molar-refractivity contribution in [1.82, 2.24) is 4.90 Å². The lowest BCUT2D eigenvalue weighted by atomic mass is 9.90. The van der Waals surface area contributed by atoms with E-state index >= 15 is 0 Å². The second-order valence-electron chi connectivity index (χ2n) is 4.72. The quantitative estimate of drug-likeness (QED) is 0.730. The lowest BCUT2D eigenvalue weighted by Gasteiger charge is -2.36. The second kappa shape index (κ2) is 5.25. The molecule has 0 amide bonds. The van der Waals surface area contributed by atoms with Crippen molar-refractivity contribution in [2.75, 3.05) is 46.1 Å². The third-order valence-corrected chi connectivity index (χ3v) is 3.38. The predicted octanol–water partition coefficient (Wildman–Crippen LogP) is 0.217. The molecule has 2 saturated heterocycles. The minimum absolute atomic E-state index is 0.0729. The van der Waals surface area contributed by atoms with Crippen molar-refractivity contribution in [2.45, 2.75) is 24.8 Å². The molecular formula is C11H22N2O2. The van der Waals surface area contributed by atoms with Crippen LogP contribution in [0.5, 0.6) is 0 Å². The van der Waals surface area contributed by atoms with Crippen LogP contribution in [0.15, 0.2) is 0 Å². The molecule has 0 spiro atoms. The van der Waals surface area contributed by atoms with Crippen molar-refractivity contribution >= 4 is 0 Å². The van der Waals surface area contributed by atoms with Gasteiger partial charge in [-0.2, -0.15) is 0 Å². The molecule has 88 valence electrons. The first-order chi connectivity index (χ1) is 7.29. The van der Waals surface area contributed by atoms with Gasteiger partial charge in [-0.25, -0.2) is 0 Å². The van der Waals surface area contributed by atoms with E-state index in [-0.39, 0.29) is 5.54 Å². The fourth-order valence-corrected chi connectivity index (χ4v) is 2.28. The van der Waals surface area contributed by atoms with Gasteiger partial charge in [0.2, 0.25) is 0 Å². The molecular weight excluding hydrogens is 192 g/mol. The lowest BCUT2D eigenvalue weighted by Crippen LogP contribution is -2.50. The highest BCUT2D eigenvalue weighted by molar-refractivity contribution is 4.87. The van der Waals surface area contributed by atoms with Gasteiger partial charge in [-0.3, -0.25) is 4.90 Å². The first kappa shape index (κ1) is 11.3. The Hall–Kier alpha value is -0.160. The Labute approximate surface area is 91.7 Å². The summed E-state index contributed by atoms with van der Waals surface area (Å²) in [6.07, 6.45) is 3.27. The maximum atomic E-state index is 6.29. The van der Waals surface area contributed by atoms with Gasteiger partial charge >= 0.3 is 0 Å². The maximum absolute atomic E-state index is 6.29. The van der Waals surface area contributed by atoms with Gasteiger partial charge in [0.15, 0.2) is 0 Å². The van der Waals surface area contributed by atoms with Gasteiger partial charge in [-0.05, 0) is 19.3 Å². The van der Waals surface area contributed by atoms with Crippen molar-refractivity contribution < 1.29 is 9.47 Å². The van der Waals surface area contributed by atoms with Gasteiger partial charge in [-0.1, -0.05) is 0 Å². The van der Waals surface area contributed by atoms with Crippen LogP contribution in [0.4, 0.5) is 0 Å². The molecule has 0 saturated carbocycles. The summed E-state index contributed by atoms with van der Waals surface area (Å²) >= 11 is 0. The normalized spacial score (nSPS) is 34.2. The molecule has 0 bridgehead atoms. The zero-order valence-corrected chi connectivity index (χ0v) is 9.41. The number of hydrogen-bond acceptors (Lipinski definition) is 4. The molecule has 1 atom stereocenters. The minimum atomic E-state index is -0.0729. The highest BCUT2D eigenvalue weighted by Gasteiger charge is 2.28. The first-order valence-electron chi connectivity index (χ1n) is 5.95. The van der Waals surface area contributed by atoms with E-state index in [4.69, 9.17) is 15.2 Å². The SMILES string of the molecule is NC1(CCN2CCOCC2)CCCOC1. The molecule has 4 heteroatoms. The van der Waals surface area contributed by atoms with Crippen LogP contribution in [-0.4, -0.2) is 56.5 Å². The summed E-state index contributed by atoms with van der Waals surface area (Å²) in [5.41, 5.74) is 6.22. The first-order valence-corrected chi connectivity index (χ1v) is 5.95. The van der Waals surface area contributed by atoms with Gasteiger partial charge in [0.1, 0.15) is 0 Å². The van der Waals surface area contributed by atoms with E-state index in [1.54, 1.807) is 0 Å². The van der Waals surface area contributed by atoms with Crippen molar-refractivity contribution in [3.05, 3.63) is 0 Å². The van der Waals surface area contributed by atoms with E-state index in [0.29, 0.717) is 0 Å². The third-order valence-electron chi connectivity index (χ3n) is 3.38. The summed E-state index contributed by atoms with van der Waals surface area (Å²) in [5, 5.41) is 0. The van der Waals surface area contributed by atoms with Crippen LogP contribution in [0.3, 0.4) is 0 Å². The highest BCUT2D eigenvalue weighted by atomic mass is 16.5. The molecule has 2 N–H and O–H groups in total. The molecule has 0 aliphatic carbocycles. The van der Waals surface area contributed by atoms with Gasteiger partial charge in [0.25, 0.3) is 0 Å². The van der Waals surface area contributed by atoms with Crippen molar-refractivity contribution in [3.8, 4) is 0 Å². The molecule has 1 unspecified atom stereocenters. The summed E-state index contributed by atoms with van der Waals surface area (Å²) in [5.74, 6) is 0. The molecule has 2 aliphatic rings. The zero-order valence-electron chi connectivity index (χ0n) is 9.41. The largest absolute Gasteiger partial charge is 0.380 e. The molecule has 2 aliphatic heterocycles. The molecule has 0 aromatic heterocycles. The Morgan fingerprint density at radius 2 is 1.93 bits per heavy atom. The zero-order chi connectivity index (χ0) is 10.6. The third kappa shape index (κ3) is 3.41. The molecule has 2 rings (SSSR count). The van der Waals surface area contributed by atoms with Crippen molar-refractivity contribution in [1.29, 1.82) is 0 Å². The van der Waals surface area contributed by atoms with E-state index in [1.165, 1.54) is 0 Å².